The molecule has 96 valence electrons. The molecule has 0 saturated carbocycles. The largest absolute Gasteiger partial charge is 0.354 e. The van der Waals surface area contributed by atoms with Gasteiger partial charge in [-0.05, 0) is 37.1 Å². The summed E-state index contributed by atoms with van der Waals surface area (Å²) in [5.74, 6) is -0.224. The van der Waals surface area contributed by atoms with Gasteiger partial charge < -0.3 is 10.2 Å². The van der Waals surface area contributed by atoms with Crippen molar-refractivity contribution in [2.24, 2.45) is 0 Å². The maximum Gasteiger partial charge on any atom is 0.254 e. The van der Waals surface area contributed by atoms with Gasteiger partial charge in [0.2, 0.25) is 5.91 Å². The van der Waals surface area contributed by atoms with Crippen molar-refractivity contribution in [2.75, 3.05) is 19.6 Å². The molecule has 1 aliphatic rings. The third-order valence-electron chi connectivity index (χ3n) is 2.95. The Balaban J connectivity index is 2.19. The number of amides is 2. The molecule has 18 heavy (non-hydrogen) atoms. The Labute approximate surface area is 111 Å². The van der Waals surface area contributed by atoms with Gasteiger partial charge in [0.1, 0.15) is 0 Å². The maximum atomic E-state index is 12.3. The van der Waals surface area contributed by atoms with Gasteiger partial charge in [-0.3, -0.25) is 9.59 Å². The molecule has 2 amide bonds. The molecule has 0 bridgehead atoms. The second-order valence-corrected chi connectivity index (χ2v) is 4.80. The fourth-order valence-electron chi connectivity index (χ4n) is 1.94. The van der Waals surface area contributed by atoms with Crippen LogP contribution in [0.5, 0.6) is 0 Å². The van der Waals surface area contributed by atoms with E-state index in [0.29, 0.717) is 23.7 Å². The van der Waals surface area contributed by atoms with E-state index in [2.05, 4.69) is 5.32 Å². The molecule has 1 fully saturated rings. The highest BCUT2D eigenvalue weighted by Crippen LogP contribution is 2.17. The molecule has 0 radical (unpaired) electrons. The molecule has 5 heteroatoms. The van der Waals surface area contributed by atoms with Crippen molar-refractivity contribution >= 4 is 23.4 Å². The first-order chi connectivity index (χ1) is 8.58. The molecule has 0 unspecified atom stereocenters. The number of carbonyl (C=O) groups is 2. The molecule has 1 aromatic carbocycles. The summed E-state index contributed by atoms with van der Waals surface area (Å²) in [6, 6.07) is 5.16. The number of carbonyl (C=O) groups excluding carboxylic acids is 2. The van der Waals surface area contributed by atoms with Crippen LogP contribution >= 0.6 is 11.6 Å². The lowest BCUT2D eigenvalue weighted by atomic mass is 10.1. The molecular formula is C13H15ClN2O2. The van der Waals surface area contributed by atoms with E-state index in [9.17, 15) is 9.59 Å². The fourth-order valence-corrected chi connectivity index (χ4v) is 2.06. The van der Waals surface area contributed by atoms with E-state index < -0.39 is 0 Å². The van der Waals surface area contributed by atoms with Crippen molar-refractivity contribution in [1.82, 2.24) is 10.2 Å². The number of nitrogens with zero attached hydrogens (tertiary/aromatic N) is 1. The number of nitrogens with one attached hydrogen (secondary N) is 1. The molecule has 2 rings (SSSR count). The molecule has 1 aliphatic heterocycles. The van der Waals surface area contributed by atoms with Crippen LogP contribution in [0, 0.1) is 6.92 Å². The zero-order chi connectivity index (χ0) is 13.1. The highest BCUT2D eigenvalue weighted by molar-refractivity contribution is 6.31. The molecule has 1 saturated heterocycles. The van der Waals surface area contributed by atoms with Crippen LogP contribution in [-0.2, 0) is 4.79 Å². The number of rotatable bonds is 1. The highest BCUT2D eigenvalue weighted by atomic mass is 35.5. The fraction of sp³-hybridized carbons (Fsp3) is 0.385. The zero-order valence-corrected chi connectivity index (χ0v) is 11.0. The van der Waals surface area contributed by atoms with E-state index in [-0.39, 0.29) is 18.4 Å². The van der Waals surface area contributed by atoms with Crippen LogP contribution in [-0.4, -0.2) is 36.3 Å². The van der Waals surface area contributed by atoms with Gasteiger partial charge in [0.05, 0.1) is 6.54 Å². The predicted molar refractivity (Wildman–Crippen MR) is 69.7 cm³/mol. The van der Waals surface area contributed by atoms with Crippen molar-refractivity contribution in [3.8, 4) is 0 Å². The predicted octanol–water partition coefficient (Wildman–Crippen LogP) is 1.61. The molecule has 4 nitrogen and oxygen atoms in total. The summed E-state index contributed by atoms with van der Waals surface area (Å²) < 4.78 is 0. The molecule has 1 N–H and O–H groups in total. The summed E-state index contributed by atoms with van der Waals surface area (Å²) in [4.78, 5) is 25.3. The van der Waals surface area contributed by atoms with E-state index in [1.165, 1.54) is 0 Å². The minimum atomic E-state index is -0.119. The molecule has 0 aliphatic carbocycles. The quantitative estimate of drug-likeness (QED) is 0.840. The SMILES string of the molecule is Cc1cc(C(=O)N2CCCNC(=O)C2)ccc1Cl. The van der Waals surface area contributed by atoms with Crippen molar-refractivity contribution in [1.29, 1.82) is 0 Å². The molecule has 0 spiro atoms. The van der Waals surface area contributed by atoms with Crippen LogP contribution in [0.4, 0.5) is 0 Å². The summed E-state index contributed by atoms with van der Waals surface area (Å²) in [6.45, 7) is 3.20. The maximum absolute atomic E-state index is 12.3. The van der Waals surface area contributed by atoms with Crippen LogP contribution in [0.25, 0.3) is 0 Å². The first kappa shape index (κ1) is 12.9. The van der Waals surface area contributed by atoms with Crippen molar-refractivity contribution in [2.45, 2.75) is 13.3 Å². The van der Waals surface area contributed by atoms with E-state index in [1.54, 1.807) is 23.1 Å². The Bertz CT molecular complexity index is 488. The van der Waals surface area contributed by atoms with Gasteiger partial charge in [0.25, 0.3) is 5.91 Å². The van der Waals surface area contributed by atoms with Crippen LogP contribution in [0.15, 0.2) is 18.2 Å². The van der Waals surface area contributed by atoms with Gasteiger partial charge in [-0.1, -0.05) is 11.6 Å². The Morgan fingerprint density at radius 1 is 1.44 bits per heavy atom. The Morgan fingerprint density at radius 3 is 2.94 bits per heavy atom. The summed E-state index contributed by atoms with van der Waals surface area (Å²) in [5, 5.41) is 3.39. The standard InChI is InChI=1S/C13H15ClN2O2/c1-9-7-10(3-4-11(9)14)13(18)16-6-2-5-15-12(17)8-16/h3-4,7H,2,5-6,8H2,1H3,(H,15,17). The number of benzene rings is 1. The van der Waals surface area contributed by atoms with Crippen LogP contribution in [0.3, 0.4) is 0 Å². The van der Waals surface area contributed by atoms with Gasteiger partial charge in [-0.2, -0.15) is 0 Å². The Hall–Kier alpha value is -1.55. The van der Waals surface area contributed by atoms with E-state index in [0.717, 1.165) is 12.0 Å². The summed E-state index contributed by atoms with van der Waals surface area (Å²) in [7, 11) is 0. The monoisotopic (exact) mass is 266 g/mol. The second kappa shape index (κ2) is 5.40. The minimum absolute atomic E-state index is 0.105. The first-order valence-corrected chi connectivity index (χ1v) is 6.28. The summed E-state index contributed by atoms with van der Waals surface area (Å²) in [5.41, 5.74) is 1.44. The Morgan fingerprint density at radius 2 is 2.22 bits per heavy atom. The van der Waals surface area contributed by atoms with E-state index in [4.69, 9.17) is 11.6 Å². The lowest BCUT2D eigenvalue weighted by Crippen LogP contribution is -2.37. The first-order valence-electron chi connectivity index (χ1n) is 5.90. The van der Waals surface area contributed by atoms with Gasteiger partial charge in [-0.25, -0.2) is 0 Å². The van der Waals surface area contributed by atoms with Crippen molar-refractivity contribution < 1.29 is 9.59 Å². The van der Waals surface area contributed by atoms with Gasteiger partial charge in [0, 0.05) is 23.7 Å². The molecular weight excluding hydrogens is 252 g/mol. The van der Waals surface area contributed by atoms with Gasteiger partial charge in [0.15, 0.2) is 0 Å². The summed E-state index contributed by atoms with van der Waals surface area (Å²) >= 11 is 5.93. The third kappa shape index (κ3) is 2.82. The third-order valence-corrected chi connectivity index (χ3v) is 3.38. The Kier molecular flexibility index (Phi) is 3.87. The molecule has 1 heterocycles. The second-order valence-electron chi connectivity index (χ2n) is 4.39. The van der Waals surface area contributed by atoms with Crippen molar-refractivity contribution in [3.05, 3.63) is 34.3 Å². The minimum Gasteiger partial charge on any atom is -0.354 e. The van der Waals surface area contributed by atoms with Gasteiger partial charge >= 0.3 is 0 Å². The molecule has 1 aromatic rings. The van der Waals surface area contributed by atoms with E-state index >= 15 is 0 Å². The number of hydrogen-bond donors (Lipinski definition) is 1. The molecule has 0 aromatic heterocycles. The highest BCUT2D eigenvalue weighted by Gasteiger charge is 2.21. The van der Waals surface area contributed by atoms with Gasteiger partial charge in [-0.15, -0.1) is 0 Å². The lowest BCUT2D eigenvalue weighted by Gasteiger charge is -2.19. The van der Waals surface area contributed by atoms with Crippen LogP contribution in [0.2, 0.25) is 5.02 Å². The topological polar surface area (TPSA) is 49.4 Å². The number of halogens is 1. The number of aryl methyl sites for hydroxylation is 1. The normalized spacial score (nSPS) is 16.1. The average molecular weight is 267 g/mol. The van der Waals surface area contributed by atoms with E-state index in [1.807, 2.05) is 6.92 Å². The lowest BCUT2D eigenvalue weighted by molar-refractivity contribution is -0.121. The van der Waals surface area contributed by atoms with Crippen LogP contribution < -0.4 is 5.32 Å². The molecule has 0 atom stereocenters. The van der Waals surface area contributed by atoms with Crippen molar-refractivity contribution in [3.63, 3.8) is 0 Å². The zero-order valence-electron chi connectivity index (χ0n) is 10.2. The smallest absolute Gasteiger partial charge is 0.254 e. The summed E-state index contributed by atoms with van der Waals surface area (Å²) in [6.07, 6.45) is 0.782. The number of hydrogen-bond acceptors (Lipinski definition) is 2. The van der Waals surface area contributed by atoms with Crippen LogP contribution in [0.1, 0.15) is 22.3 Å². The average Bonchev–Trinajstić information content (AvgIpc) is 2.56.